The van der Waals surface area contributed by atoms with Crippen molar-refractivity contribution in [2.24, 2.45) is 0 Å². The zero-order chi connectivity index (χ0) is 12.4. The molecule has 0 fully saturated rings. The van der Waals surface area contributed by atoms with E-state index in [0.29, 0.717) is 0 Å². The molecule has 1 heterocycles. The van der Waals surface area contributed by atoms with Gasteiger partial charge in [0.05, 0.1) is 11.9 Å². The number of carboxylic acids is 2. The molecule has 5 nitrogen and oxygen atoms in total. The summed E-state index contributed by atoms with van der Waals surface area (Å²) >= 11 is 1.86. The van der Waals surface area contributed by atoms with Gasteiger partial charge in [0, 0.05) is 11.9 Å². The number of rotatable bonds is 3. The fraction of sp³-hybridized carbons (Fsp3) is 0.300. The molecular formula is C10H11NO4PtS. The molecule has 0 radical (unpaired) electrons. The predicted molar refractivity (Wildman–Crippen MR) is 56.3 cm³/mol. The van der Waals surface area contributed by atoms with Crippen LogP contribution in [0.1, 0.15) is 5.69 Å². The van der Waals surface area contributed by atoms with E-state index in [-0.39, 0.29) is 21.1 Å². The summed E-state index contributed by atoms with van der Waals surface area (Å²) in [6.45, 7) is 0. The summed E-state index contributed by atoms with van der Waals surface area (Å²) in [5.41, 5.74) is 1.19. The quantitative estimate of drug-likeness (QED) is 0.534. The maximum atomic E-state index is 8.93. The van der Waals surface area contributed by atoms with Crippen molar-refractivity contribution in [1.29, 1.82) is 0 Å². The maximum Gasteiger partial charge on any atom is 2.00 e. The van der Waals surface area contributed by atoms with Crippen LogP contribution in [0.5, 0.6) is 0 Å². The second kappa shape index (κ2) is 11.6. The third-order valence-electron chi connectivity index (χ3n) is 1.46. The van der Waals surface area contributed by atoms with Gasteiger partial charge in [0.2, 0.25) is 0 Å². The number of thioether (sulfide) groups is 1. The number of carboxylic acid groups (broad SMARTS) is 2. The molecule has 17 heavy (non-hydrogen) atoms. The van der Waals surface area contributed by atoms with Gasteiger partial charge in [-0.3, -0.25) is 4.98 Å². The molecule has 1 rings (SSSR count). The maximum absolute atomic E-state index is 8.93. The van der Waals surface area contributed by atoms with Gasteiger partial charge in [-0.15, -0.1) is 0 Å². The van der Waals surface area contributed by atoms with Crippen molar-refractivity contribution >= 4 is 23.7 Å². The van der Waals surface area contributed by atoms with Crippen molar-refractivity contribution in [2.45, 2.75) is 6.42 Å². The molecule has 0 atom stereocenters. The molecule has 0 aliphatic rings. The fourth-order valence-electron chi connectivity index (χ4n) is 0.753. The first-order valence-electron chi connectivity index (χ1n) is 4.39. The van der Waals surface area contributed by atoms with Gasteiger partial charge in [0.25, 0.3) is 0 Å². The summed E-state index contributed by atoms with van der Waals surface area (Å²) in [5.74, 6) is -3.21. The average Bonchev–Trinajstić information content (AvgIpc) is 2.28. The first-order chi connectivity index (χ1) is 7.57. The number of carbonyl (C=O) groups excluding carboxylic acids is 2. The molecule has 0 bridgehead atoms. The predicted octanol–water partition coefficient (Wildman–Crippen LogP) is -1.53. The minimum Gasteiger partial charge on any atom is -0.543 e. The van der Waals surface area contributed by atoms with Crippen LogP contribution in [-0.2, 0) is 37.1 Å². The van der Waals surface area contributed by atoms with Gasteiger partial charge in [0.15, 0.2) is 0 Å². The number of hydrogen-bond donors (Lipinski definition) is 0. The summed E-state index contributed by atoms with van der Waals surface area (Å²) in [7, 11) is 0. The standard InChI is InChI=1S/C8H11NS.C2H2O4.Pt/c1-10-7-5-8-4-2-3-6-9-8;3-1(4)2(5)6;/h2-4,6H,5,7H2,1H3;(H,3,4)(H,5,6);/q;;+2/p-2. The van der Waals surface area contributed by atoms with Crippen molar-refractivity contribution in [1.82, 2.24) is 4.98 Å². The molecule has 0 aliphatic carbocycles. The number of carbonyl (C=O) groups is 2. The number of pyridine rings is 1. The van der Waals surface area contributed by atoms with Gasteiger partial charge < -0.3 is 19.8 Å². The second-order valence-electron chi connectivity index (χ2n) is 2.64. The molecule has 0 saturated heterocycles. The van der Waals surface area contributed by atoms with Gasteiger partial charge in [-0.1, -0.05) is 6.07 Å². The number of aryl methyl sites for hydroxylation is 1. The summed E-state index contributed by atoms with van der Waals surface area (Å²) in [6.07, 6.45) is 5.04. The third-order valence-corrected chi connectivity index (χ3v) is 2.07. The van der Waals surface area contributed by atoms with Crippen molar-refractivity contribution in [3.63, 3.8) is 0 Å². The average molecular weight is 436 g/mol. The van der Waals surface area contributed by atoms with Gasteiger partial charge >= 0.3 is 21.1 Å². The SMILES string of the molecule is CSCCc1ccccn1.O=C([O-])C(=O)[O-].[Pt+2]. The summed E-state index contributed by atoms with van der Waals surface area (Å²) in [5, 5.41) is 17.9. The monoisotopic (exact) mass is 436 g/mol. The van der Waals surface area contributed by atoms with Crippen molar-refractivity contribution in [3.8, 4) is 0 Å². The van der Waals surface area contributed by atoms with Gasteiger partial charge in [-0.25, -0.2) is 0 Å². The van der Waals surface area contributed by atoms with Crippen LogP contribution >= 0.6 is 11.8 Å². The Kier molecular flexibility index (Phi) is 12.6. The van der Waals surface area contributed by atoms with Crippen LogP contribution in [0.2, 0.25) is 0 Å². The van der Waals surface area contributed by atoms with E-state index in [9.17, 15) is 0 Å². The summed E-state index contributed by atoms with van der Waals surface area (Å²) in [6, 6.07) is 6.04. The minimum atomic E-state index is -2.19. The molecule has 7 heteroatoms. The number of hydrogen-bond acceptors (Lipinski definition) is 6. The Labute approximate surface area is 118 Å². The van der Waals surface area contributed by atoms with Crippen molar-refractivity contribution in [3.05, 3.63) is 30.1 Å². The Morgan fingerprint density at radius 3 is 2.24 bits per heavy atom. The molecule has 0 spiro atoms. The Hall–Kier alpha value is -0.872. The Morgan fingerprint density at radius 2 is 1.88 bits per heavy atom. The molecule has 96 valence electrons. The Balaban J connectivity index is 0. The van der Waals surface area contributed by atoms with Crippen LogP contribution < -0.4 is 10.2 Å². The molecule has 0 aliphatic heterocycles. The number of nitrogens with zero attached hydrogens (tertiary/aromatic N) is 1. The van der Waals surface area contributed by atoms with Crippen LogP contribution in [0.15, 0.2) is 24.4 Å². The molecule has 0 N–H and O–H groups in total. The number of aromatic nitrogens is 1. The van der Waals surface area contributed by atoms with Crippen LogP contribution in [0.4, 0.5) is 0 Å². The van der Waals surface area contributed by atoms with E-state index in [2.05, 4.69) is 17.3 Å². The van der Waals surface area contributed by atoms with Crippen LogP contribution in [-0.4, -0.2) is 28.9 Å². The van der Waals surface area contributed by atoms with Gasteiger partial charge in [0.1, 0.15) is 0 Å². The van der Waals surface area contributed by atoms with Crippen LogP contribution in [0.3, 0.4) is 0 Å². The topological polar surface area (TPSA) is 93.2 Å². The second-order valence-corrected chi connectivity index (χ2v) is 3.62. The third kappa shape index (κ3) is 11.4. The van der Waals surface area contributed by atoms with E-state index in [0.717, 1.165) is 12.2 Å². The fourth-order valence-corrected chi connectivity index (χ4v) is 1.17. The van der Waals surface area contributed by atoms with E-state index >= 15 is 0 Å². The molecule has 0 unspecified atom stereocenters. The molecule has 0 saturated carbocycles. The van der Waals surface area contributed by atoms with E-state index in [1.165, 1.54) is 5.69 Å². The van der Waals surface area contributed by atoms with E-state index in [1.807, 2.05) is 30.1 Å². The molecule has 0 aromatic carbocycles. The zero-order valence-corrected chi connectivity index (χ0v) is 12.1. The molecular weight excluding hydrogens is 425 g/mol. The van der Waals surface area contributed by atoms with Crippen molar-refractivity contribution in [2.75, 3.05) is 12.0 Å². The molecule has 1 aromatic heterocycles. The first kappa shape index (κ1) is 18.5. The zero-order valence-electron chi connectivity index (χ0n) is 9.03. The normalized spacial score (nSPS) is 8.29. The first-order valence-corrected chi connectivity index (χ1v) is 5.78. The Bertz CT molecular complexity index is 322. The van der Waals surface area contributed by atoms with E-state index < -0.39 is 11.9 Å². The van der Waals surface area contributed by atoms with Crippen LogP contribution in [0, 0.1) is 0 Å². The molecule has 1 aromatic rings. The molecule has 0 amide bonds. The van der Waals surface area contributed by atoms with Gasteiger partial charge in [-0.05, 0) is 30.6 Å². The number of aliphatic carboxylic acids is 2. The van der Waals surface area contributed by atoms with E-state index in [4.69, 9.17) is 19.8 Å². The van der Waals surface area contributed by atoms with Gasteiger partial charge in [-0.2, -0.15) is 11.8 Å². The minimum absolute atomic E-state index is 0. The largest absolute Gasteiger partial charge is 2.00 e. The summed E-state index contributed by atoms with van der Waals surface area (Å²) in [4.78, 5) is 22.1. The smallest absolute Gasteiger partial charge is 0.543 e. The van der Waals surface area contributed by atoms with E-state index in [1.54, 1.807) is 0 Å². The van der Waals surface area contributed by atoms with Crippen molar-refractivity contribution < 1.29 is 40.9 Å². The Morgan fingerprint density at radius 1 is 1.29 bits per heavy atom. The van der Waals surface area contributed by atoms with Crippen LogP contribution in [0.25, 0.3) is 0 Å². The summed E-state index contributed by atoms with van der Waals surface area (Å²) < 4.78 is 0.